The molecule has 0 radical (unpaired) electrons. The third kappa shape index (κ3) is 3.25. The molecule has 4 atom stereocenters. The van der Waals surface area contributed by atoms with E-state index in [2.05, 4.69) is 53.8 Å². The zero-order chi connectivity index (χ0) is 19.1. The number of fused-ring (bicyclic) bond motifs is 1. The van der Waals surface area contributed by atoms with Gasteiger partial charge in [0.25, 0.3) is 0 Å². The first kappa shape index (κ1) is 17.6. The summed E-state index contributed by atoms with van der Waals surface area (Å²) in [7, 11) is 0. The van der Waals surface area contributed by atoms with E-state index in [4.69, 9.17) is 5.73 Å². The maximum atomic E-state index is 12.9. The number of nitrogens with one attached hydrogen (secondary N) is 1. The Morgan fingerprint density at radius 3 is 2.43 bits per heavy atom. The molecule has 3 heteroatoms. The maximum Gasteiger partial charge on any atom is 0.115 e. The molecular weight excluding hydrogens is 347 g/mol. The highest BCUT2D eigenvalue weighted by Gasteiger charge is 2.41. The summed E-state index contributed by atoms with van der Waals surface area (Å²) < 4.78 is 12.9. The summed E-state index contributed by atoms with van der Waals surface area (Å²) in [5.41, 5.74) is 13.3. The molecule has 0 amide bonds. The van der Waals surface area contributed by atoms with E-state index < -0.39 is 6.67 Å². The van der Waals surface area contributed by atoms with Crippen LogP contribution in [0.1, 0.15) is 53.1 Å². The molecule has 2 unspecified atom stereocenters. The van der Waals surface area contributed by atoms with Crippen LogP contribution in [0.15, 0.2) is 72.8 Å². The highest BCUT2D eigenvalue weighted by atomic mass is 19.1. The van der Waals surface area contributed by atoms with Crippen molar-refractivity contribution in [1.82, 2.24) is 5.32 Å². The first-order valence-corrected chi connectivity index (χ1v) is 10.1. The Balaban J connectivity index is 1.26. The van der Waals surface area contributed by atoms with Crippen LogP contribution in [0.5, 0.6) is 0 Å². The average molecular weight is 372 g/mol. The second-order valence-corrected chi connectivity index (χ2v) is 8.10. The SMILES string of the molecule is NC1CC(N[C@H]2C[C@@H]2c2ccc(-c3cccc(CF)c3)cc2)c2ccccc21. The predicted molar refractivity (Wildman–Crippen MR) is 112 cm³/mol. The van der Waals surface area contributed by atoms with Crippen LogP contribution in [0.2, 0.25) is 0 Å². The van der Waals surface area contributed by atoms with Gasteiger partial charge in [0.05, 0.1) is 0 Å². The third-order valence-electron chi connectivity index (χ3n) is 6.22. The van der Waals surface area contributed by atoms with Crippen molar-refractivity contribution >= 4 is 0 Å². The molecule has 2 nitrogen and oxygen atoms in total. The lowest BCUT2D eigenvalue weighted by Gasteiger charge is -2.14. The fourth-order valence-electron chi connectivity index (χ4n) is 4.59. The Hall–Kier alpha value is -2.49. The molecule has 0 aromatic heterocycles. The summed E-state index contributed by atoms with van der Waals surface area (Å²) in [6.07, 6.45) is 2.15. The van der Waals surface area contributed by atoms with E-state index in [1.54, 1.807) is 0 Å². The van der Waals surface area contributed by atoms with E-state index in [1.165, 1.54) is 23.1 Å². The van der Waals surface area contributed by atoms with Gasteiger partial charge in [0.1, 0.15) is 6.67 Å². The molecule has 28 heavy (non-hydrogen) atoms. The minimum atomic E-state index is -0.421. The van der Waals surface area contributed by atoms with E-state index in [-0.39, 0.29) is 6.04 Å². The lowest BCUT2D eigenvalue weighted by Crippen LogP contribution is -2.23. The van der Waals surface area contributed by atoms with Crippen LogP contribution in [0.3, 0.4) is 0 Å². The topological polar surface area (TPSA) is 38.0 Å². The zero-order valence-electron chi connectivity index (χ0n) is 15.8. The minimum absolute atomic E-state index is 0.144. The molecule has 5 rings (SSSR count). The van der Waals surface area contributed by atoms with Gasteiger partial charge in [-0.1, -0.05) is 66.7 Å². The normalized spacial score (nSPS) is 25.5. The number of hydrogen-bond donors (Lipinski definition) is 2. The van der Waals surface area contributed by atoms with Gasteiger partial charge in [-0.05, 0) is 52.3 Å². The number of halogens is 1. The van der Waals surface area contributed by atoms with Crippen molar-refractivity contribution in [2.45, 2.75) is 43.6 Å². The molecule has 2 aliphatic rings. The van der Waals surface area contributed by atoms with Crippen LogP contribution < -0.4 is 11.1 Å². The molecule has 3 N–H and O–H groups in total. The largest absolute Gasteiger partial charge is 0.324 e. The third-order valence-corrected chi connectivity index (χ3v) is 6.22. The molecule has 2 aliphatic carbocycles. The lowest BCUT2D eigenvalue weighted by atomic mass is 10.0. The second-order valence-electron chi connectivity index (χ2n) is 8.10. The summed E-state index contributed by atoms with van der Waals surface area (Å²) in [4.78, 5) is 0. The van der Waals surface area contributed by atoms with Crippen LogP contribution in [0.4, 0.5) is 4.39 Å². The fraction of sp³-hybridized carbons (Fsp3) is 0.280. The van der Waals surface area contributed by atoms with Gasteiger partial charge in [0, 0.05) is 24.0 Å². The van der Waals surface area contributed by atoms with Gasteiger partial charge in [-0.2, -0.15) is 0 Å². The summed E-state index contributed by atoms with van der Waals surface area (Å²) in [6.45, 7) is -0.421. The van der Waals surface area contributed by atoms with Gasteiger partial charge >= 0.3 is 0 Å². The van der Waals surface area contributed by atoms with Crippen LogP contribution in [0.25, 0.3) is 11.1 Å². The number of alkyl halides is 1. The molecule has 0 aliphatic heterocycles. The van der Waals surface area contributed by atoms with Crippen molar-refractivity contribution in [3.05, 3.63) is 95.1 Å². The van der Waals surface area contributed by atoms with Gasteiger partial charge in [0.2, 0.25) is 0 Å². The summed E-state index contributed by atoms with van der Waals surface area (Å²) in [5.74, 6) is 0.565. The zero-order valence-corrected chi connectivity index (χ0v) is 15.8. The van der Waals surface area contributed by atoms with E-state index in [9.17, 15) is 4.39 Å². The van der Waals surface area contributed by atoms with Crippen molar-refractivity contribution in [1.29, 1.82) is 0 Å². The predicted octanol–water partition coefficient (Wildman–Crippen LogP) is 5.41. The van der Waals surface area contributed by atoms with E-state index in [1.807, 2.05) is 24.3 Å². The van der Waals surface area contributed by atoms with Gasteiger partial charge in [0.15, 0.2) is 0 Å². The van der Waals surface area contributed by atoms with E-state index in [0.717, 1.165) is 23.1 Å². The van der Waals surface area contributed by atoms with Crippen LogP contribution in [0, 0.1) is 0 Å². The van der Waals surface area contributed by atoms with Crippen molar-refractivity contribution in [3.63, 3.8) is 0 Å². The quantitative estimate of drug-likeness (QED) is 0.628. The first-order chi connectivity index (χ1) is 13.7. The molecule has 3 aromatic carbocycles. The van der Waals surface area contributed by atoms with E-state index in [0.29, 0.717) is 18.0 Å². The monoisotopic (exact) mass is 372 g/mol. The van der Waals surface area contributed by atoms with Crippen LogP contribution in [-0.4, -0.2) is 6.04 Å². The van der Waals surface area contributed by atoms with Crippen molar-refractivity contribution in [2.24, 2.45) is 5.73 Å². The molecular formula is C25H25FN2. The Morgan fingerprint density at radius 1 is 0.857 bits per heavy atom. The fourth-order valence-corrected chi connectivity index (χ4v) is 4.59. The minimum Gasteiger partial charge on any atom is -0.324 e. The molecule has 0 spiro atoms. The van der Waals surface area contributed by atoms with Crippen molar-refractivity contribution in [3.8, 4) is 11.1 Å². The van der Waals surface area contributed by atoms with Gasteiger partial charge < -0.3 is 11.1 Å². The Kier molecular flexibility index (Phi) is 4.50. The Bertz CT molecular complexity index is 982. The molecule has 0 bridgehead atoms. The van der Waals surface area contributed by atoms with Crippen LogP contribution >= 0.6 is 0 Å². The molecule has 3 aromatic rings. The number of nitrogens with two attached hydrogens (primary N) is 1. The van der Waals surface area contributed by atoms with Gasteiger partial charge in [-0.15, -0.1) is 0 Å². The molecule has 1 fully saturated rings. The smallest absolute Gasteiger partial charge is 0.115 e. The number of rotatable bonds is 5. The summed E-state index contributed by atoms with van der Waals surface area (Å²) in [6, 6.07) is 26.0. The highest BCUT2D eigenvalue weighted by Crippen LogP contribution is 2.45. The van der Waals surface area contributed by atoms with Crippen molar-refractivity contribution < 1.29 is 4.39 Å². The molecule has 0 heterocycles. The summed E-state index contributed by atoms with van der Waals surface area (Å²) in [5, 5.41) is 3.83. The second kappa shape index (κ2) is 7.16. The van der Waals surface area contributed by atoms with Crippen LogP contribution in [-0.2, 0) is 6.67 Å². The lowest BCUT2D eigenvalue weighted by molar-refractivity contribution is 0.485. The van der Waals surface area contributed by atoms with E-state index >= 15 is 0 Å². The summed E-state index contributed by atoms with van der Waals surface area (Å²) >= 11 is 0. The molecule has 1 saturated carbocycles. The molecule has 142 valence electrons. The van der Waals surface area contributed by atoms with Gasteiger partial charge in [-0.3, -0.25) is 0 Å². The standard InChI is InChI=1S/C25H25FN2/c26-15-16-4-3-5-19(12-16)17-8-10-18(11-9-17)22-13-24(22)28-25-14-23(27)20-6-1-2-7-21(20)25/h1-12,22-25,28H,13-15,27H2/t22-,23?,24+,25?/m1/s1. The Morgan fingerprint density at radius 2 is 1.64 bits per heavy atom. The number of benzene rings is 3. The maximum absolute atomic E-state index is 12.9. The highest BCUT2D eigenvalue weighted by molar-refractivity contribution is 5.64. The number of hydrogen-bond acceptors (Lipinski definition) is 2. The Labute approximate surface area is 165 Å². The van der Waals surface area contributed by atoms with Crippen molar-refractivity contribution in [2.75, 3.05) is 0 Å². The first-order valence-electron chi connectivity index (χ1n) is 10.1. The van der Waals surface area contributed by atoms with Gasteiger partial charge in [-0.25, -0.2) is 4.39 Å². The molecule has 0 saturated heterocycles. The average Bonchev–Trinajstić information content (AvgIpc) is 3.45.